The summed E-state index contributed by atoms with van der Waals surface area (Å²) in [6.07, 6.45) is 0. The van der Waals surface area contributed by atoms with Crippen LogP contribution in [0.1, 0.15) is 44.1 Å². The van der Waals surface area contributed by atoms with Crippen LogP contribution in [-0.4, -0.2) is 13.1 Å². The molecule has 1 heterocycles. The Balaban J connectivity index is 2.42. The molecule has 92 valence electrons. The summed E-state index contributed by atoms with van der Waals surface area (Å²) < 4.78 is 0. The van der Waals surface area contributed by atoms with Crippen molar-refractivity contribution in [1.82, 2.24) is 5.32 Å². The van der Waals surface area contributed by atoms with Crippen LogP contribution in [0.5, 0.6) is 0 Å². The smallest absolute Gasteiger partial charge is 0.0106 e. The van der Waals surface area contributed by atoms with E-state index < -0.39 is 0 Å². The second-order valence-electron chi connectivity index (χ2n) is 5.29. The zero-order valence-electron chi connectivity index (χ0n) is 11.2. The van der Waals surface area contributed by atoms with Gasteiger partial charge in [-0.2, -0.15) is 0 Å². The molecule has 0 spiro atoms. The molecule has 2 unspecified atom stereocenters. The predicted octanol–water partition coefficient (Wildman–Crippen LogP) is 4.04. The fourth-order valence-electron chi connectivity index (χ4n) is 1.89. The van der Waals surface area contributed by atoms with Crippen molar-refractivity contribution in [3.8, 4) is 0 Å². The summed E-state index contributed by atoms with van der Waals surface area (Å²) in [7, 11) is 0. The number of aryl methyl sites for hydroxylation is 1. The molecule has 0 bridgehead atoms. The molecule has 1 nitrogen and oxygen atoms in total. The van der Waals surface area contributed by atoms with Crippen molar-refractivity contribution in [2.24, 2.45) is 11.8 Å². The SMILES string of the molecule is Cc1ccsc1C(C)C(C)CNCC(C)C. The molecule has 0 aliphatic heterocycles. The quantitative estimate of drug-likeness (QED) is 0.790. The molecule has 2 heteroatoms. The molecule has 0 amide bonds. The molecule has 0 aliphatic rings. The Kier molecular flexibility index (Phi) is 5.50. The minimum atomic E-state index is 0.666. The van der Waals surface area contributed by atoms with Gasteiger partial charge in [-0.1, -0.05) is 27.7 Å². The number of hydrogen-bond acceptors (Lipinski definition) is 2. The summed E-state index contributed by atoms with van der Waals surface area (Å²) >= 11 is 1.90. The first-order valence-electron chi connectivity index (χ1n) is 6.27. The highest BCUT2D eigenvalue weighted by atomic mass is 32.1. The van der Waals surface area contributed by atoms with Crippen LogP contribution in [0, 0.1) is 18.8 Å². The zero-order chi connectivity index (χ0) is 12.1. The third kappa shape index (κ3) is 3.91. The average Bonchev–Trinajstić information content (AvgIpc) is 2.62. The van der Waals surface area contributed by atoms with E-state index in [2.05, 4.69) is 51.4 Å². The van der Waals surface area contributed by atoms with E-state index >= 15 is 0 Å². The van der Waals surface area contributed by atoms with Crippen molar-refractivity contribution in [2.75, 3.05) is 13.1 Å². The maximum Gasteiger partial charge on any atom is 0.0106 e. The molecule has 0 aromatic carbocycles. The second kappa shape index (κ2) is 6.41. The van der Waals surface area contributed by atoms with E-state index in [1.165, 1.54) is 5.56 Å². The molecule has 0 fully saturated rings. The van der Waals surface area contributed by atoms with Gasteiger partial charge in [-0.25, -0.2) is 0 Å². The van der Waals surface area contributed by atoms with Crippen LogP contribution in [0.25, 0.3) is 0 Å². The number of thiophene rings is 1. The minimum Gasteiger partial charge on any atom is -0.316 e. The topological polar surface area (TPSA) is 12.0 Å². The van der Waals surface area contributed by atoms with Gasteiger partial charge in [0.1, 0.15) is 0 Å². The van der Waals surface area contributed by atoms with E-state index in [9.17, 15) is 0 Å². The Labute approximate surface area is 104 Å². The van der Waals surface area contributed by atoms with Crippen molar-refractivity contribution in [3.63, 3.8) is 0 Å². The van der Waals surface area contributed by atoms with Crippen LogP contribution >= 0.6 is 11.3 Å². The monoisotopic (exact) mass is 239 g/mol. The molecule has 1 aromatic rings. The number of rotatable bonds is 6. The Morgan fingerprint density at radius 2 is 1.88 bits per heavy atom. The highest BCUT2D eigenvalue weighted by Crippen LogP contribution is 2.30. The normalized spacial score (nSPS) is 15.4. The first-order valence-corrected chi connectivity index (χ1v) is 7.15. The summed E-state index contributed by atoms with van der Waals surface area (Å²) in [4.78, 5) is 1.55. The van der Waals surface area contributed by atoms with E-state index in [1.54, 1.807) is 4.88 Å². The highest BCUT2D eigenvalue weighted by molar-refractivity contribution is 7.10. The largest absolute Gasteiger partial charge is 0.316 e. The van der Waals surface area contributed by atoms with Gasteiger partial charge in [-0.05, 0) is 54.8 Å². The summed E-state index contributed by atoms with van der Waals surface area (Å²) in [5.41, 5.74) is 1.45. The lowest BCUT2D eigenvalue weighted by molar-refractivity contribution is 0.431. The van der Waals surface area contributed by atoms with E-state index in [0.717, 1.165) is 19.0 Å². The van der Waals surface area contributed by atoms with Crippen LogP contribution in [0.2, 0.25) is 0 Å². The summed E-state index contributed by atoms with van der Waals surface area (Å²) in [5, 5.41) is 5.76. The van der Waals surface area contributed by atoms with Crippen molar-refractivity contribution in [2.45, 2.75) is 40.5 Å². The Hall–Kier alpha value is -0.340. The highest BCUT2D eigenvalue weighted by Gasteiger charge is 2.16. The molecule has 1 aromatic heterocycles. The van der Waals surface area contributed by atoms with Crippen LogP contribution < -0.4 is 5.32 Å². The molecule has 0 aliphatic carbocycles. The van der Waals surface area contributed by atoms with E-state index in [-0.39, 0.29) is 0 Å². The van der Waals surface area contributed by atoms with Gasteiger partial charge in [0, 0.05) is 4.88 Å². The van der Waals surface area contributed by atoms with Crippen LogP contribution in [0.4, 0.5) is 0 Å². The summed E-state index contributed by atoms with van der Waals surface area (Å²) in [6, 6.07) is 2.23. The maximum absolute atomic E-state index is 3.55. The number of nitrogens with one attached hydrogen (secondary N) is 1. The van der Waals surface area contributed by atoms with Gasteiger partial charge < -0.3 is 5.32 Å². The van der Waals surface area contributed by atoms with Crippen LogP contribution in [0.3, 0.4) is 0 Å². The van der Waals surface area contributed by atoms with E-state index in [1.807, 2.05) is 11.3 Å². The summed E-state index contributed by atoms with van der Waals surface area (Å²) in [5.74, 6) is 2.11. The van der Waals surface area contributed by atoms with Crippen molar-refractivity contribution in [1.29, 1.82) is 0 Å². The standard InChI is InChI=1S/C14H25NS/c1-10(2)8-15-9-12(4)13(5)14-11(3)6-7-16-14/h6-7,10,12-13,15H,8-9H2,1-5H3. The molecular weight excluding hydrogens is 214 g/mol. The first kappa shape index (κ1) is 13.7. The van der Waals surface area contributed by atoms with Gasteiger partial charge in [0.15, 0.2) is 0 Å². The van der Waals surface area contributed by atoms with Gasteiger partial charge in [0.25, 0.3) is 0 Å². The molecule has 0 radical (unpaired) electrons. The lowest BCUT2D eigenvalue weighted by Crippen LogP contribution is -2.27. The van der Waals surface area contributed by atoms with Gasteiger partial charge in [-0.15, -0.1) is 11.3 Å². The Morgan fingerprint density at radius 3 is 2.38 bits per heavy atom. The predicted molar refractivity (Wildman–Crippen MR) is 74.3 cm³/mol. The average molecular weight is 239 g/mol. The van der Waals surface area contributed by atoms with E-state index in [4.69, 9.17) is 0 Å². The zero-order valence-corrected chi connectivity index (χ0v) is 12.0. The molecule has 16 heavy (non-hydrogen) atoms. The van der Waals surface area contributed by atoms with Crippen LogP contribution in [0.15, 0.2) is 11.4 Å². The van der Waals surface area contributed by atoms with Gasteiger partial charge in [-0.3, -0.25) is 0 Å². The van der Waals surface area contributed by atoms with Gasteiger partial charge in [0.05, 0.1) is 0 Å². The van der Waals surface area contributed by atoms with Gasteiger partial charge >= 0.3 is 0 Å². The van der Waals surface area contributed by atoms with Crippen molar-refractivity contribution < 1.29 is 0 Å². The maximum atomic E-state index is 3.55. The molecular formula is C14H25NS. The third-order valence-electron chi connectivity index (χ3n) is 3.19. The van der Waals surface area contributed by atoms with Crippen molar-refractivity contribution in [3.05, 3.63) is 21.9 Å². The second-order valence-corrected chi connectivity index (χ2v) is 6.23. The lowest BCUT2D eigenvalue weighted by atomic mass is 9.92. The molecule has 2 atom stereocenters. The first-order chi connectivity index (χ1) is 7.52. The third-order valence-corrected chi connectivity index (χ3v) is 4.41. The number of hydrogen-bond donors (Lipinski definition) is 1. The van der Waals surface area contributed by atoms with Crippen LogP contribution in [-0.2, 0) is 0 Å². The fraction of sp³-hybridized carbons (Fsp3) is 0.714. The Morgan fingerprint density at radius 1 is 1.19 bits per heavy atom. The molecule has 1 N–H and O–H groups in total. The summed E-state index contributed by atoms with van der Waals surface area (Å²) in [6.45, 7) is 13.7. The molecule has 0 saturated heterocycles. The lowest BCUT2D eigenvalue weighted by Gasteiger charge is -2.21. The van der Waals surface area contributed by atoms with Gasteiger partial charge in [0.2, 0.25) is 0 Å². The molecule has 1 rings (SSSR count). The minimum absolute atomic E-state index is 0.666. The van der Waals surface area contributed by atoms with E-state index in [0.29, 0.717) is 11.8 Å². The molecule has 0 saturated carbocycles. The Bertz CT molecular complexity index is 303. The fourth-order valence-corrected chi connectivity index (χ4v) is 3.01. The van der Waals surface area contributed by atoms with Crippen molar-refractivity contribution >= 4 is 11.3 Å².